The summed E-state index contributed by atoms with van der Waals surface area (Å²) in [6.45, 7) is 0.0492. The molecule has 0 fully saturated rings. The first kappa shape index (κ1) is 12.7. The highest BCUT2D eigenvalue weighted by Gasteiger charge is 2.06. The summed E-state index contributed by atoms with van der Waals surface area (Å²) in [5.74, 6) is -0.182. The van der Waals surface area contributed by atoms with E-state index in [1.54, 1.807) is 6.20 Å². The Labute approximate surface area is 110 Å². The number of carbonyl (C=O) groups excluding carboxylic acids is 1. The SMILES string of the molecule is COCC(=O)Nc1ncc(Cc2ccccc2)s1. The molecule has 1 aromatic heterocycles. The van der Waals surface area contributed by atoms with Gasteiger partial charge >= 0.3 is 0 Å². The minimum Gasteiger partial charge on any atom is -0.375 e. The van der Waals surface area contributed by atoms with Gasteiger partial charge in [0.1, 0.15) is 6.61 Å². The van der Waals surface area contributed by atoms with Gasteiger partial charge in [-0.3, -0.25) is 10.1 Å². The molecule has 0 aliphatic carbocycles. The maximum Gasteiger partial charge on any atom is 0.252 e. The highest BCUT2D eigenvalue weighted by molar-refractivity contribution is 7.15. The van der Waals surface area contributed by atoms with E-state index in [2.05, 4.69) is 22.4 Å². The average Bonchev–Trinajstić information content (AvgIpc) is 2.78. The Morgan fingerprint density at radius 2 is 2.17 bits per heavy atom. The molecule has 1 aromatic carbocycles. The molecule has 2 aromatic rings. The van der Waals surface area contributed by atoms with Crippen molar-refractivity contribution in [3.63, 3.8) is 0 Å². The number of carbonyl (C=O) groups is 1. The van der Waals surface area contributed by atoms with E-state index in [1.807, 2.05) is 18.2 Å². The van der Waals surface area contributed by atoms with E-state index in [1.165, 1.54) is 24.0 Å². The standard InChI is InChI=1S/C13H14N2O2S/c1-17-9-12(16)15-13-14-8-11(18-13)7-10-5-3-2-4-6-10/h2-6,8H,7,9H2,1H3,(H,14,15,16). The maximum atomic E-state index is 11.3. The predicted molar refractivity (Wildman–Crippen MR) is 71.9 cm³/mol. The number of thiazole rings is 1. The van der Waals surface area contributed by atoms with Crippen LogP contribution in [0.25, 0.3) is 0 Å². The largest absolute Gasteiger partial charge is 0.375 e. The van der Waals surface area contributed by atoms with Crippen LogP contribution in [0.15, 0.2) is 36.5 Å². The van der Waals surface area contributed by atoms with Crippen LogP contribution in [0.3, 0.4) is 0 Å². The quantitative estimate of drug-likeness (QED) is 0.899. The first-order valence-corrected chi connectivity index (χ1v) is 6.37. The normalized spacial score (nSPS) is 10.3. The number of anilines is 1. The lowest BCUT2D eigenvalue weighted by atomic mass is 10.1. The molecule has 0 aliphatic rings. The lowest BCUT2D eigenvalue weighted by Crippen LogP contribution is -2.16. The van der Waals surface area contributed by atoms with E-state index < -0.39 is 0 Å². The second-order valence-electron chi connectivity index (χ2n) is 3.78. The van der Waals surface area contributed by atoms with Crippen molar-refractivity contribution < 1.29 is 9.53 Å². The summed E-state index contributed by atoms with van der Waals surface area (Å²) in [4.78, 5) is 16.6. The second kappa shape index (κ2) is 6.28. The van der Waals surface area contributed by atoms with Crippen LogP contribution in [0.2, 0.25) is 0 Å². The van der Waals surface area contributed by atoms with Crippen LogP contribution in [-0.2, 0) is 16.0 Å². The Hall–Kier alpha value is -1.72. The molecule has 0 atom stereocenters. The zero-order chi connectivity index (χ0) is 12.8. The fourth-order valence-electron chi connectivity index (χ4n) is 1.53. The zero-order valence-electron chi connectivity index (χ0n) is 10.1. The number of methoxy groups -OCH3 is 1. The molecule has 0 radical (unpaired) electrons. The topological polar surface area (TPSA) is 51.2 Å². The molecule has 94 valence electrons. The minimum absolute atomic E-state index is 0.0492. The first-order chi connectivity index (χ1) is 8.78. The number of hydrogen-bond donors (Lipinski definition) is 1. The third-order valence-electron chi connectivity index (χ3n) is 2.30. The molecular formula is C13H14N2O2S. The van der Waals surface area contributed by atoms with Gasteiger partial charge in [-0.05, 0) is 5.56 Å². The van der Waals surface area contributed by atoms with Crippen molar-refractivity contribution in [3.8, 4) is 0 Å². The highest BCUT2D eigenvalue weighted by atomic mass is 32.1. The molecule has 18 heavy (non-hydrogen) atoms. The first-order valence-electron chi connectivity index (χ1n) is 5.55. The van der Waals surface area contributed by atoms with Crippen LogP contribution in [0, 0.1) is 0 Å². The maximum absolute atomic E-state index is 11.3. The number of nitrogens with zero attached hydrogens (tertiary/aromatic N) is 1. The minimum atomic E-state index is -0.182. The number of rotatable bonds is 5. The Morgan fingerprint density at radius 3 is 2.89 bits per heavy atom. The second-order valence-corrected chi connectivity index (χ2v) is 4.89. The molecule has 0 spiro atoms. The molecule has 1 heterocycles. The molecule has 4 nitrogen and oxygen atoms in total. The zero-order valence-corrected chi connectivity index (χ0v) is 10.9. The average molecular weight is 262 g/mol. The van der Waals surface area contributed by atoms with Gasteiger partial charge in [0.15, 0.2) is 5.13 Å². The van der Waals surface area contributed by atoms with Gasteiger partial charge in [-0.25, -0.2) is 4.98 Å². The number of amides is 1. The van der Waals surface area contributed by atoms with Gasteiger partial charge < -0.3 is 4.74 Å². The van der Waals surface area contributed by atoms with E-state index >= 15 is 0 Å². The van der Waals surface area contributed by atoms with Gasteiger partial charge in [-0.15, -0.1) is 11.3 Å². The van der Waals surface area contributed by atoms with E-state index in [9.17, 15) is 4.79 Å². The fraction of sp³-hybridized carbons (Fsp3) is 0.231. The molecule has 2 rings (SSSR count). The van der Waals surface area contributed by atoms with Crippen LogP contribution >= 0.6 is 11.3 Å². The predicted octanol–water partition coefficient (Wildman–Crippen LogP) is 2.32. The summed E-state index contributed by atoms with van der Waals surface area (Å²) >= 11 is 1.48. The van der Waals surface area contributed by atoms with Crippen LogP contribution in [-0.4, -0.2) is 24.6 Å². The molecule has 5 heteroatoms. The highest BCUT2D eigenvalue weighted by Crippen LogP contribution is 2.20. The van der Waals surface area contributed by atoms with Crippen molar-refractivity contribution in [2.24, 2.45) is 0 Å². The van der Waals surface area contributed by atoms with Crippen molar-refractivity contribution in [1.29, 1.82) is 0 Å². The van der Waals surface area contributed by atoms with Gasteiger partial charge in [0.2, 0.25) is 0 Å². The van der Waals surface area contributed by atoms with Crippen LogP contribution < -0.4 is 5.32 Å². The Balaban J connectivity index is 1.96. The van der Waals surface area contributed by atoms with E-state index in [0.29, 0.717) is 5.13 Å². The lowest BCUT2D eigenvalue weighted by molar-refractivity contribution is -0.119. The third-order valence-corrected chi connectivity index (χ3v) is 3.21. The molecule has 0 saturated carbocycles. The number of hydrogen-bond acceptors (Lipinski definition) is 4. The van der Waals surface area contributed by atoms with Crippen LogP contribution in [0.1, 0.15) is 10.4 Å². The van der Waals surface area contributed by atoms with E-state index in [-0.39, 0.29) is 12.5 Å². The number of aromatic nitrogens is 1. The van der Waals surface area contributed by atoms with Crippen molar-refractivity contribution in [2.45, 2.75) is 6.42 Å². The summed E-state index contributed by atoms with van der Waals surface area (Å²) in [6.07, 6.45) is 2.62. The summed E-state index contributed by atoms with van der Waals surface area (Å²) in [6, 6.07) is 10.2. The number of nitrogens with one attached hydrogen (secondary N) is 1. The molecule has 1 amide bonds. The molecule has 0 aliphatic heterocycles. The number of ether oxygens (including phenoxy) is 1. The summed E-state index contributed by atoms with van der Waals surface area (Å²) in [7, 11) is 1.49. The van der Waals surface area contributed by atoms with Crippen molar-refractivity contribution in [2.75, 3.05) is 19.0 Å². The smallest absolute Gasteiger partial charge is 0.252 e. The van der Waals surface area contributed by atoms with Gasteiger partial charge in [0.05, 0.1) is 0 Å². The summed E-state index contributed by atoms with van der Waals surface area (Å²) in [5, 5.41) is 3.31. The van der Waals surface area contributed by atoms with Crippen molar-refractivity contribution in [3.05, 3.63) is 47.0 Å². The van der Waals surface area contributed by atoms with Crippen LogP contribution in [0.4, 0.5) is 5.13 Å². The molecule has 1 N–H and O–H groups in total. The van der Waals surface area contributed by atoms with Gasteiger partial charge in [-0.1, -0.05) is 30.3 Å². The number of benzene rings is 1. The Kier molecular flexibility index (Phi) is 4.44. The Bertz CT molecular complexity index is 511. The summed E-state index contributed by atoms with van der Waals surface area (Å²) < 4.78 is 4.74. The van der Waals surface area contributed by atoms with E-state index in [0.717, 1.165) is 11.3 Å². The molecule has 0 bridgehead atoms. The monoisotopic (exact) mass is 262 g/mol. The summed E-state index contributed by atoms with van der Waals surface area (Å²) in [5.41, 5.74) is 1.23. The third kappa shape index (κ3) is 3.65. The Morgan fingerprint density at radius 1 is 1.39 bits per heavy atom. The molecular weight excluding hydrogens is 248 g/mol. The molecule has 0 unspecified atom stereocenters. The van der Waals surface area contributed by atoms with Gasteiger partial charge in [0, 0.05) is 24.6 Å². The van der Waals surface area contributed by atoms with E-state index in [4.69, 9.17) is 4.74 Å². The van der Waals surface area contributed by atoms with Gasteiger partial charge in [0.25, 0.3) is 5.91 Å². The fourth-order valence-corrected chi connectivity index (χ4v) is 2.39. The van der Waals surface area contributed by atoms with Crippen molar-refractivity contribution in [1.82, 2.24) is 4.98 Å². The van der Waals surface area contributed by atoms with Crippen LogP contribution in [0.5, 0.6) is 0 Å². The van der Waals surface area contributed by atoms with Crippen molar-refractivity contribution >= 4 is 22.4 Å². The van der Waals surface area contributed by atoms with Gasteiger partial charge in [-0.2, -0.15) is 0 Å². The molecule has 0 saturated heterocycles. The lowest BCUT2D eigenvalue weighted by Gasteiger charge is -1.99.